The summed E-state index contributed by atoms with van der Waals surface area (Å²) in [4.78, 5) is 97.8. The summed E-state index contributed by atoms with van der Waals surface area (Å²) in [6.45, 7) is 22.3. The van der Waals surface area contributed by atoms with E-state index in [1.54, 1.807) is 0 Å². The van der Waals surface area contributed by atoms with Gasteiger partial charge in [0.05, 0.1) is 137 Å². The van der Waals surface area contributed by atoms with Gasteiger partial charge in [0, 0.05) is 204 Å². The Labute approximate surface area is 819 Å². The number of likely N-dealkylation sites (tertiary alicyclic amines) is 1. The molecule has 12 aromatic heterocycles. The van der Waals surface area contributed by atoms with Crippen molar-refractivity contribution in [3.8, 4) is 0 Å². The standard InChI is InChI=1S/C29H39N9.3C25H32N8O/c1-35-14-16-36(17-15-35)23-8-9-25(30-20-23)33-28-31-19-22-18-24-27(37-12-6-3-7-13-37)32-21-29(10-4-2-5-11-29)38(24)26(22)34-28;3*1-31-9-11-32(12-10-31)19-3-4-22(27-16-19)29-24-28-14-18-13-20-15-26-17-25(33(20)23(18)30-24)7-5-21(34-2)6-8-25/h8-9,18-20H,2-7,10-17,21H2,1H3,(H,30,31,33,34);3*3-4,13-16,21H,5-12,17H2,1-2H3,(H,27,28,29,30). The summed E-state index contributed by atoms with van der Waals surface area (Å²) < 4.78 is 26.6. The molecule has 9 fully saturated rings. The third-order valence-electron chi connectivity index (χ3n) is 32.2. The van der Waals surface area contributed by atoms with Crippen molar-refractivity contribution in [3.63, 3.8) is 0 Å². The molecule has 21 heterocycles. The van der Waals surface area contributed by atoms with Crippen LogP contribution < -0.4 is 40.9 Å². The third-order valence-corrected chi connectivity index (χ3v) is 32.2. The molecule has 0 unspecified atom stereocenters. The van der Waals surface area contributed by atoms with E-state index >= 15 is 0 Å². The summed E-state index contributed by atoms with van der Waals surface area (Å²) in [5, 5.41) is 17.5. The highest BCUT2D eigenvalue weighted by Gasteiger charge is 2.46. The fourth-order valence-electron chi connectivity index (χ4n) is 23.7. The summed E-state index contributed by atoms with van der Waals surface area (Å²) in [6, 6.07) is 25.3. The number of aliphatic imine (C=N–C) groups is 4. The number of pyridine rings is 4. The van der Waals surface area contributed by atoms with Gasteiger partial charge in [-0.15, -0.1) is 0 Å². The molecular weight excluding hydrogens is 1760 g/mol. The van der Waals surface area contributed by atoms with Gasteiger partial charge in [-0.25, -0.2) is 39.9 Å². The zero-order valence-corrected chi connectivity index (χ0v) is 82.4. The Balaban J connectivity index is 0.000000107. The van der Waals surface area contributed by atoms with E-state index in [-0.39, 0.29) is 22.2 Å². The van der Waals surface area contributed by atoms with Gasteiger partial charge in [-0.3, -0.25) is 20.0 Å². The van der Waals surface area contributed by atoms with Gasteiger partial charge >= 0.3 is 0 Å². The molecule has 4 saturated carbocycles. The van der Waals surface area contributed by atoms with Crippen LogP contribution in [0, 0.1) is 0 Å². The molecule has 734 valence electrons. The lowest BCUT2D eigenvalue weighted by atomic mass is 9.79. The van der Waals surface area contributed by atoms with Crippen molar-refractivity contribution in [2.45, 2.75) is 169 Å². The molecular formula is C104H135N33O3. The maximum absolute atomic E-state index is 5.62. The molecule has 12 aromatic rings. The highest BCUT2D eigenvalue weighted by molar-refractivity contribution is 6.03. The van der Waals surface area contributed by atoms with Gasteiger partial charge in [0.2, 0.25) is 23.8 Å². The van der Waals surface area contributed by atoms with E-state index < -0.39 is 0 Å². The predicted molar refractivity (Wildman–Crippen MR) is 556 cm³/mol. The van der Waals surface area contributed by atoms with Gasteiger partial charge in [-0.05, 0) is 210 Å². The maximum atomic E-state index is 5.62. The summed E-state index contributed by atoms with van der Waals surface area (Å²) in [5.74, 6) is 6.49. The summed E-state index contributed by atoms with van der Waals surface area (Å²) in [6.07, 6.45) is 44.9. The highest BCUT2D eigenvalue weighted by atomic mass is 16.5. The predicted octanol–water partition coefficient (Wildman–Crippen LogP) is 13.3. The number of fused-ring (bicyclic) bond motifs is 16. The molecule has 0 aromatic carbocycles. The second-order valence-corrected chi connectivity index (χ2v) is 41.1. The number of aromatic nitrogens is 16. The second kappa shape index (κ2) is 40.4. The number of piperidine rings is 1. The largest absolute Gasteiger partial charge is 0.381 e. The lowest BCUT2D eigenvalue weighted by Gasteiger charge is -2.43. The van der Waals surface area contributed by atoms with Crippen LogP contribution in [0.25, 0.3) is 44.1 Å². The summed E-state index contributed by atoms with van der Waals surface area (Å²) >= 11 is 0. The maximum Gasteiger partial charge on any atom is 0.230 e. The van der Waals surface area contributed by atoms with Crippen LogP contribution in [-0.2, 0) is 36.4 Å². The van der Waals surface area contributed by atoms with Crippen LogP contribution in [-0.4, -0.2) is 339 Å². The molecule has 0 radical (unpaired) electrons. The monoisotopic (exact) mass is 1890 g/mol. The van der Waals surface area contributed by atoms with E-state index in [0.717, 1.165) is 328 Å². The third kappa shape index (κ3) is 19.2. The molecule has 140 heavy (non-hydrogen) atoms. The topological polar surface area (TPSA) is 329 Å². The number of anilines is 12. The van der Waals surface area contributed by atoms with Crippen LogP contribution in [0.2, 0.25) is 0 Å². The molecule has 9 aliphatic heterocycles. The smallest absolute Gasteiger partial charge is 0.230 e. The summed E-state index contributed by atoms with van der Waals surface area (Å²) in [7, 11) is 14.1. The van der Waals surface area contributed by atoms with E-state index in [0.29, 0.717) is 42.1 Å². The van der Waals surface area contributed by atoms with E-state index in [4.69, 9.17) is 64.1 Å². The first-order valence-corrected chi connectivity index (χ1v) is 51.2. The van der Waals surface area contributed by atoms with E-state index in [2.05, 4.69) is 190 Å². The quantitative estimate of drug-likeness (QED) is 0.0741. The number of piperazine rings is 4. The van der Waals surface area contributed by atoms with E-state index in [1.165, 1.54) is 62.7 Å². The molecule has 0 bridgehead atoms. The van der Waals surface area contributed by atoms with Crippen molar-refractivity contribution in [1.82, 2.24) is 103 Å². The molecule has 4 aliphatic carbocycles. The number of methoxy groups -OCH3 is 3. The van der Waals surface area contributed by atoms with Gasteiger partial charge in [-0.1, -0.05) is 19.3 Å². The first kappa shape index (κ1) is 92.7. The van der Waals surface area contributed by atoms with Crippen LogP contribution in [0.1, 0.15) is 151 Å². The Kier molecular flexibility index (Phi) is 26.7. The van der Waals surface area contributed by atoms with Crippen molar-refractivity contribution < 1.29 is 14.2 Å². The Morgan fingerprint density at radius 3 is 0.864 bits per heavy atom. The Hall–Kier alpha value is -12.3. The van der Waals surface area contributed by atoms with Crippen LogP contribution in [0.3, 0.4) is 0 Å². The number of ether oxygens (including phenoxy) is 3. The number of amidine groups is 1. The minimum absolute atomic E-state index is 0.0304. The van der Waals surface area contributed by atoms with Gasteiger partial charge in [0.25, 0.3) is 0 Å². The highest BCUT2D eigenvalue weighted by Crippen LogP contribution is 2.47. The lowest BCUT2D eigenvalue weighted by molar-refractivity contribution is 0.0334. The Morgan fingerprint density at radius 2 is 0.571 bits per heavy atom. The minimum atomic E-state index is -0.0328. The zero-order chi connectivity index (χ0) is 94.9. The first-order chi connectivity index (χ1) is 68.6. The second-order valence-electron chi connectivity index (χ2n) is 41.1. The van der Waals surface area contributed by atoms with Gasteiger partial charge in [0.1, 0.15) is 51.7 Å². The number of hydrogen-bond donors (Lipinski definition) is 4. The van der Waals surface area contributed by atoms with Crippen molar-refractivity contribution >= 4 is 138 Å². The van der Waals surface area contributed by atoms with Gasteiger partial charge in [0.15, 0.2) is 0 Å². The minimum Gasteiger partial charge on any atom is -0.381 e. The molecule has 0 amide bonds. The van der Waals surface area contributed by atoms with Crippen molar-refractivity contribution in [3.05, 3.63) is 145 Å². The Bertz CT molecular complexity index is 5970. The Morgan fingerprint density at radius 1 is 0.286 bits per heavy atom. The molecule has 36 heteroatoms. The van der Waals surface area contributed by atoms with Crippen molar-refractivity contribution in [2.75, 3.05) is 234 Å². The molecule has 25 rings (SSSR count). The number of likely N-dealkylation sites (N-methyl/N-ethyl adjacent to an activating group) is 4. The fourth-order valence-corrected chi connectivity index (χ4v) is 23.7. The van der Waals surface area contributed by atoms with E-state index in [1.807, 2.05) is 114 Å². The normalized spacial score (nSPS) is 24.3. The number of nitrogens with one attached hydrogen (secondary N) is 4. The van der Waals surface area contributed by atoms with Crippen LogP contribution in [0.4, 0.5) is 69.8 Å². The van der Waals surface area contributed by atoms with Gasteiger partial charge < -0.3 is 97.8 Å². The molecule has 36 nitrogen and oxygen atoms in total. The first-order valence-electron chi connectivity index (χ1n) is 51.2. The van der Waals surface area contributed by atoms with Gasteiger partial charge in [-0.2, -0.15) is 19.9 Å². The average molecular weight is 1900 g/mol. The number of hydrogen-bond acceptors (Lipinski definition) is 32. The fraction of sp³-hybridized carbons (Fsp3) is 0.538. The van der Waals surface area contributed by atoms with Crippen molar-refractivity contribution in [1.29, 1.82) is 0 Å². The molecule has 0 atom stereocenters. The summed E-state index contributed by atoms with van der Waals surface area (Å²) in [5.41, 5.74) is 13.0. The molecule has 4 N–H and O–H groups in total. The van der Waals surface area contributed by atoms with Crippen LogP contribution >= 0.6 is 0 Å². The lowest BCUT2D eigenvalue weighted by Crippen LogP contribution is -2.48. The molecule has 4 spiro atoms. The number of rotatable bonds is 15. The molecule has 5 saturated heterocycles. The molecule has 13 aliphatic rings. The zero-order valence-electron chi connectivity index (χ0n) is 82.4. The van der Waals surface area contributed by atoms with Crippen LogP contribution in [0.15, 0.2) is 142 Å². The SMILES string of the molecule is CN1CCN(c2ccc(Nc3ncc4cc5n(c4n3)C3(CCCCC3)CN=C5N3CCCCC3)nc2)CC1.COC1CCC2(CC1)CN=Cc1cc3cnc(Nc4ccc(N5CCN(C)CC5)cn4)nc3n12.COC1CCC2(CC1)CN=Cc1cc3cnc(Nc4ccc(N5CCN(C)CC5)cn4)nc3n12.COC1CCC2(CC1)CN=Cc1cc3cnc(Nc4ccc(N5CCN(C)CC5)cn4)nc3n12. The van der Waals surface area contributed by atoms with E-state index in [9.17, 15) is 0 Å². The van der Waals surface area contributed by atoms with Crippen molar-refractivity contribution in [2.24, 2.45) is 20.0 Å². The number of nitrogens with zero attached hydrogens (tertiary/aromatic N) is 29. The average Bonchev–Trinajstić information content (AvgIpc) is 1.57. The van der Waals surface area contributed by atoms with Crippen LogP contribution in [0.5, 0.6) is 0 Å².